The Morgan fingerprint density at radius 3 is 2.23 bits per heavy atom. The van der Waals surface area contributed by atoms with E-state index in [9.17, 15) is 27.6 Å². The summed E-state index contributed by atoms with van der Waals surface area (Å²) >= 11 is 7.21. The van der Waals surface area contributed by atoms with Gasteiger partial charge in [-0.2, -0.15) is 28.1 Å². The molecule has 1 fully saturated rings. The molecule has 2 aromatic heterocycles. The molecular weight excluding hydrogens is 675 g/mol. The lowest BCUT2D eigenvalue weighted by Crippen LogP contribution is -2.36. The molecule has 1 aliphatic carbocycles. The molecule has 18 heteroatoms. The van der Waals surface area contributed by atoms with E-state index in [2.05, 4.69) is 46.5 Å². The first-order valence-corrected chi connectivity index (χ1v) is 15.9. The molecule has 1 aliphatic rings. The topological polar surface area (TPSA) is 172 Å². The fourth-order valence-corrected chi connectivity index (χ4v) is 5.03. The third kappa shape index (κ3) is 9.98. The Morgan fingerprint density at radius 1 is 0.896 bits per heavy atom. The molecule has 48 heavy (non-hydrogen) atoms. The van der Waals surface area contributed by atoms with Gasteiger partial charge in [0.1, 0.15) is 0 Å². The van der Waals surface area contributed by atoms with E-state index in [0.717, 1.165) is 18.4 Å². The van der Waals surface area contributed by atoms with Crippen LogP contribution in [0.15, 0.2) is 60.1 Å². The summed E-state index contributed by atoms with van der Waals surface area (Å²) in [6.07, 6.45) is -0.521. The predicted molar refractivity (Wildman–Crippen MR) is 172 cm³/mol. The molecule has 2 heterocycles. The van der Waals surface area contributed by atoms with Crippen molar-refractivity contribution < 1.29 is 32.3 Å². The third-order valence-corrected chi connectivity index (χ3v) is 7.86. The van der Waals surface area contributed by atoms with Gasteiger partial charge in [-0.3, -0.25) is 19.7 Å². The number of rotatable bonds is 14. The van der Waals surface area contributed by atoms with Gasteiger partial charge in [-0.15, -0.1) is 11.3 Å². The van der Waals surface area contributed by atoms with Gasteiger partial charge in [0.05, 0.1) is 5.54 Å². The number of nitrogens with one attached hydrogen (secondary N) is 5. The molecule has 2 aromatic carbocycles. The summed E-state index contributed by atoms with van der Waals surface area (Å²) in [6.45, 7) is -1.000. The molecule has 1 saturated carbocycles. The fourth-order valence-electron chi connectivity index (χ4n) is 4.38. The van der Waals surface area contributed by atoms with Crippen molar-refractivity contribution in [3.05, 3.63) is 76.3 Å². The monoisotopic (exact) mass is 703 g/mol. The van der Waals surface area contributed by atoms with Crippen LogP contribution in [-0.2, 0) is 15.1 Å². The highest BCUT2D eigenvalue weighted by atomic mass is 35.5. The van der Waals surface area contributed by atoms with Crippen LogP contribution < -0.4 is 31.3 Å². The number of halogens is 4. The first-order valence-electron chi connectivity index (χ1n) is 14.6. The summed E-state index contributed by atoms with van der Waals surface area (Å²) in [5.74, 6) is -1.96. The van der Waals surface area contributed by atoms with Gasteiger partial charge in [-0.25, -0.2) is 4.98 Å². The van der Waals surface area contributed by atoms with Gasteiger partial charge in [0.2, 0.25) is 11.9 Å². The van der Waals surface area contributed by atoms with Crippen molar-refractivity contribution >= 4 is 63.4 Å². The van der Waals surface area contributed by atoms with Gasteiger partial charge in [0, 0.05) is 40.9 Å². The lowest BCUT2D eigenvalue weighted by atomic mass is 10.1. The van der Waals surface area contributed by atoms with Crippen molar-refractivity contribution in [2.75, 3.05) is 35.6 Å². The van der Waals surface area contributed by atoms with Crippen LogP contribution in [0.1, 0.15) is 41.6 Å². The maximum absolute atomic E-state index is 12.9. The van der Waals surface area contributed by atoms with Crippen molar-refractivity contribution in [2.24, 2.45) is 0 Å². The lowest BCUT2D eigenvalue weighted by Gasteiger charge is -2.19. The number of alkyl halides is 3. The first-order chi connectivity index (χ1) is 23.0. The average Bonchev–Trinajstić information content (AvgIpc) is 3.64. The SMILES string of the molecule is O=C(NCCCCNC(=O)c1ccc(Nc2nc(NC3(c4ccc(Cl)cc4)CC3)nc(OCC(F)(F)F)n2)cc1)C(=O)Nc1nccs1. The van der Waals surface area contributed by atoms with Gasteiger partial charge >= 0.3 is 24.0 Å². The zero-order valence-electron chi connectivity index (χ0n) is 25.1. The van der Waals surface area contributed by atoms with E-state index in [0.29, 0.717) is 40.8 Å². The van der Waals surface area contributed by atoms with Crippen LogP contribution in [0.3, 0.4) is 0 Å². The number of carbonyl (C=O) groups is 3. The number of hydrogen-bond acceptors (Lipinski definition) is 11. The molecule has 0 radical (unpaired) electrons. The van der Waals surface area contributed by atoms with Crippen LogP contribution in [0.5, 0.6) is 6.01 Å². The van der Waals surface area contributed by atoms with Crippen LogP contribution in [0.25, 0.3) is 0 Å². The number of thiazole rings is 1. The van der Waals surface area contributed by atoms with E-state index in [1.54, 1.807) is 41.8 Å². The van der Waals surface area contributed by atoms with Crippen molar-refractivity contribution in [1.82, 2.24) is 30.6 Å². The highest BCUT2D eigenvalue weighted by Gasteiger charge is 2.45. The van der Waals surface area contributed by atoms with Crippen LogP contribution in [0, 0.1) is 0 Å². The Bertz CT molecular complexity index is 1720. The molecule has 0 spiro atoms. The van der Waals surface area contributed by atoms with Gasteiger partial charge in [-0.1, -0.05) is 23.7 Å². The molecule has 0 unspecified atom stereocenters. The summed E-state index contributed by atoms with van der Waals surface area (Å²) in [5.41, 5.74) is 1.23. The second kappa shape index (κ2) is 15.2. The normalized spacial score (nSPS) is 13.2. The number of nitrogens with zero attached hydrogens (tertiary/aromatic N) is 4. The molecule has 252 valence electrons. The van der Waals surface area contributed by atoms with E-state index < -0.39 is 36.1 Å². The number of benzene rings is 2. The van der Waals surface area contributed by atoms with Gasteiger partial charge < -0.3 is 26.0 Å². The van der Waals surface area contributed by atoms with Crippen molar-refractivity contribution in [3.63, 3.8) is 0 Å². The molecule has 13 nitrogen and oxygen atoms in total. The minimum absolute atomic E-state index is 0.0200. The minimum atomic E-state index is -4.60. The molecule has 5 rings (SSSR count). The largest absolute Gasteiger partial charge is 0.454 e. The van der Waals surface area contributed by atoms with E-state index in [1.807, 2.05) is 12.1 Å². The van der Waals surface area contributed by atoms with Gasteiger partial charge in [-0.05, 0) is 67.6 Å². The zero-order chi connectivity index (χ0) is 34.1. The highest BCUT2D eigenvalue weighted by Crippen LogP contribution is 2.48. The molecule has 4 aromatic rings. The van der Waals surface area contributed by atoms with Crippen LogP contribution in [0.2, 0.25) is 5.02 Å². The van der Waals surface area contributed by atoms with Crippen LogP contribution in [0.4, 0.5) is 35.9 Å². The molecule has 0 saturated heterocycles. The molecule has 0 atom stereocenters. The van der Waals surface area contributed by atoms with Crippen molar-refractivity contribution in [3.8, 4) is 6.01 Å². The summed E-state index contributed by atoms with van der Waals surface area (Å²) in [6, 6.07) is 13.0. The molecule has 0 aliphatic heterocycles. The maximum Gasteiger partial charge on any atom is 0.422 e. The number of amides is 3. The van der Waals surface area contributed by atoms with Crippen LogP contribution in [-0.4, -0.2) is 63.5 Å². The van der Waals surface area contributed by atoms with Crippen molar-refractivity contribution in [1.29, 1.82) is 0 Å². The Hall–Kier alpha value is -5.03. The number of aromatic nitrogens is 4. The lowest BCUT2D eigenvalue weighted by molar-refractivity contribution is -0.154. The molecular formula is C30H29ClF3N9O4S. The predicted octanol–water partition coefficient (Wildman–Crippen LogP) is 5.03. The average molecular weight is 704 g/mol. The molecule has 0 bridgehead atoms. The quantitative estimate of drug-likeness (QED) is 0.0886. The number of unbranched alkanes of at least 4 members (excludes halogenated alkanes) is 1. The second-order valence-electron chi connectivity index (χ2n) is 10.6. The zero-order valence-corrected chi connectivity index (χ0v) is 26.6. The van der Waals surface area contributed by atoms with Gasteiger partial charge in [0.25, 0.3) is 5.91 Å². The Kier molecular flexibility index (Phi) is 10.9. The molecule has 3 amide bonds. The number of anilines is 4. The summed E-state index contributed by atoms with van der Waals surface area (Å²) in [4.78, 5) is 52.5. The Labute approximate surface area is 281 Å². The second-order valence-corrected chi connectivity index (χ2v) is 11.9. The first kappa shape index (κ1) is 34.3. The number of carbonyl (C=O) groups excluding carboxylic acids is 3. The van der Waals surface area contributed by atoms with Crippen molar-refractivity contribution in [2.45, 2.75) is 37.4 Å². The van der Waals surface area contributed by atoms with E-state index in [-0.39, 0.29) is 24.3 Å². The molecule has 5 N–H and O–H groups in total. The Balaban J connectivity index is 1.12. The summed E-state index contributed by atoms with van der Waals surface area (Å²) < 4.78 is 43.4. The summed E-state index contributed by atoms with van der Waals surface area (Å²) in [5, 5.41) is 16.4. The third-order valence-electron chi connectivity index (χ3n) is 6.91. The Morgan fingerprint density at radius 2 is 1.58 bits per heavy atom. The maximum atomic E-state index is 12.9. The van der Waals surface area contributed by atoms with E-state index >= 15 is 0 Å². The smallest absolute Gasteiger partial charge is 0.422 e. The van der Waals surface area contributed by atoms with E-state index in [1.165, 1.54) is 17.5 Å². The standard InChI is InChI=1S/C30H29ClF3N9O4S/c31-20-7-5-19(6-8-20)29(11-12-29)43-26-40-25(41-27(42-26)47-17-30(32,33)34)38-21-9-3-18(4-10-21)22(44)35-13-1-2-14-36-23(45)24(46)39-28-37-15-16-48-28/h3-10,15-16H,1-2,11-14,17H2,(H,35,44)(H,36,45)(H,37,39,46)(H2,38,40,41,42,43). The van der Waals surface area contributed by atoms with Gasteiger partial charge in [0.15, 0.2) is 11.7 Å². The number of ether oxygens (including phenoxy) is 1. The minimum Gasteiger partial charge on any atom is -0.454 e. The van der Waals surface area contributed by atoms with Crippen LogP contribution >= 0.6 is 22.9 Å². The fraction of sp³-hybridized carbons (Fsp3) is 0.300. The van der Waals surface area contributed by atoms with E-state index in [4.69, 9.17) is 16.3 Å². The number of hydrogen-bond donors (Lipinski definition) is 5. The summed E-state index contributed by atoms with van der Waals surface area (Å²) in [7, 11) is 0. The highest BCUT2D eigenvalue weighted by molar-refractivity contribution is 7.13.